The van der Waals surface area contributed by atoms with Crippen molar-refractivity contribution in [3.05, 3.63) is 0 Å². The van der Waals surface area contributed by atoms with Crippen molar-refractivity contribution in [2.75, 3.05) is 6.61 Å². The lowest BCUT2D eigenvalue weighted by Gasteiger charge is -2.33. The van der Waals surface area contributed by atoms with Crippen LogP contribution in [0.5, 0.6) is 0 Å². The third-order valence-corrected chi connectivity index (χ3v) is 3.17. The third kappa shape index (κ3) is 2.15. The van der Waals surface area contributed by atoms with Gasteiger partial charge < -0.3 is 0 Å². The zero-order valence-electron chi connectivity index (χ0n) is 6.21. The molecule has 1 aliphatic heterocycles. The van der Waals surface area contributed by atoms with E-state index in [9.17, 15) is 8.96 Å². The van der Waals surface area contributed by atoms with Crippen LogP contribution in [0.25, 0.3) is 0 Å². The van der Waals surface area contributed by atoms with E-state index in [0.717, 1.165) is 0 Å². The molecule has 1 rings (SSSR count). The van der Waals surface area contributed by atoms with E-state index >= 15 is 0 Å². The van der Waals surface area contributed by atoms with Crippen LogP contribution in [0.3, 0.4) is 0 Å². The Kier molecular flexibility index (Phi) is 2.32. The Hall–Kier alpha value is 0.370. The van der Waals surface area contributed by atoms with E-state index in [4.69, 9.17) is 11.2 Å². The maximum atomic E-state index is 13.2. The van der Waals surface area contributed by atoms with Crippen molar-refractivity contribution in [2.45, 2.75) is 25.6 Å². The minimum absolute atomic E-state index is 0.283. The van der Waals surface area contributed by atoms with Crippen LogP contribution < -0.4 is 0 Å². The molecule has 0 bridgehead atoms. The minimum Gasteiger partial charge on any atom is -0.293 e. The first-order chi connectivity index (χ1) is 4.83. The van der Waals surface area contributed by atoms with Crippen molar-refractivity contribution < 1.29 is 18.0 Å². The molecule has 0 saturated carbocycles. The maximum absolute atomic E-state index is 13.2. The van der Waals surface area contributed by atoms with Crippen LogP contribution in [0.15, 0.2) is 0 Å². The molecule has 0 N–H and O–H groups in total. The van der Waals surface area contributed by atoms with Gasteiger partial charge in [-0.1, -0.05) is 0 Å². The standard InChI is InChI=1S/C5H9ClFO3P/c1-4-5(2,7)3-9-11(6,8)10-4/h4H,3H2,1-2H3. The molecule has 1 aliphatic rings. The van der Waals surface area contributed by atoms with E-state index in [1.165, 1.54) is 13.8 Å². The van der Waals surface area contributed by atoms with Gasteiger partial charge in [-0.25, -0.2) is 8.96 Å². The van der Waals surface area contributed by atoms with E-state index in [0.29, 0.717) is 0 Å². The topological polar surface area (TPSA) is 35.5 Å². The SMILES string of the molecule is CC1OP(=O)(Cl)OCC1(C)F. The Morgan fingerprint density at radius 2 is 2.36 bits per heavy atom. The van der Waals surface area contributed by atoms with Crippen LogP contribution in [-0.4, -0.2) is 18.4 Å². The first-order valence-electron chi connectivity index (χ1n) is 3.15. The molecule has 66 valence electrons. The Morgan fingerprint density at radius 3 is 2.73 bits per heavy atom. The molecule has 0 aliphatic carbocycles. The van der Waals surface area contributed by atoms with Gasteiger partial charge >= 0.3 is 6.95 Å². The average Bonchev–Trinajstić information content (AvgIpc) is 1.81. The molecular formula is C5H9ClFO3P. The predicted octanol–water partition coefficient (Wildman–Crippen LogP) is 2.50. The minimum atomic E-state index is -3.49. The summed E-state index contributed by atoms with van der Waals surface area (Å²) in [4.78, 5) is 0. The van der Waals surface area contributed by atoms with E-state index in [1.54, 1.807) is 0 Å². The van der Waals surface area contributed by atoms with Crippen LogP contribution in [0.1, 0.15) is 13.8 Å². The molecule has 0 aromatic heterocycles. The third-order valence-electron chi connectivity index (χ3n) is 1.63. The number of hydrogen-bond donors (Lipinski definition) is 0. The highest BCUT2D eigenvalue weighted by atomic mass is 35.7. The normalized spacial score (nSPS) is 52.5. The molecule has 1 saturated heterocycles. The highest BCUT2D eigenvalue weighted by Gasteiger charge is 2.44. The van der Waals surface area contributed by atoms with Gasteiger partial charge in [-0.3, -0.25) is 9.05 Å². The quantitative estimate of drug-likeness (QED) is 0.566. The summed E-state index contributed by atoms with van der Waals surface area (Å²) in [5.41, 5.74) is -1.61. The monoisotopic (exact) mass is 202 g/mol. The second-order valence-corrected chi connectivity index (χ2v) is 5.30. The van der Waals surface area contributed by atoms with Crippen molar-refractivity contribution in [1.82, 2.24) is 0 Å². The molecule has 1 fully saturated rings. The summed E-state index contributed by atoms with van der Waals surface area (Å²) in [6.07, 6.45) is -0.792. The zero-order chi connectivity index (χ0) is 8.70. The summed E-state index contributed by atoms with van der Waals surface area (Å²) in [6.45, 7) is -0.990. The largest absolute Gasteiger partial charge is 0.424 e. The Balaban J connectivity index is 2.70. The number of hydrogen-bond acceptors (Lipinski definition) is 3. The molecule has 1 heterocycles. The second kappa shape index (κ2) is 2.70. The molecule has 3 nitrogen and oxygen atoms in total. The van der Waals surface area contributed by atoms with E-state index in [2.05, 4.69) is 9.05 Å². The molecule has 0 radical (unpaired) electrons. The second-order valence-electron chi connectivity index (χ2n) is 2.73. The highest BCUT2D eigenvalue weighted by Crippen LogP contribution is 2.59. The molecule has 0 spiro atoms. The number of alkyl halides is 1. The van der Waals surface area contributed by atoms with Gasteiger partial charge in [0.1, 0.15) is 6.10 Å². The van der Waals surface area contributed by atoms with Crippen molar-refractivity contribution in [3.63, 3.8) is 0 Å². The van der Waals surface area contributed by atoms with Gasteiger partial charge in [0.15, 0.2) is 5.67 Å². The lowest BCUT2D eigenvalue weighted by atomic mass is 10.1. The fourth-order valence-electron chi connectivity index (χ4n) is 0.650. The van der Waals surface area contributed by atoms with E-state index in [1.807, 2.05) is 0 Å². The van der Waals surface area contributed by atoms with Crippen LogP contribution in [-0.2, 0) is 13.6 Å². The average molecular weight is 203 g/mol. The van der Waals surface area contributed by atoms with Crippen LogP contribution >= 0.6 is 18.2 Å². The lowest BCUT2D eigenvalue weighted by molar-refractivity contribution is -0.0438. The van der Waals surface area contributed by atoms with Gasteiger partial charge in [0, 0.05) is 11.2 Å². The summed E-state index contributed by atoms with van der Waals surface area (Å²) in [5.74, 6) is 0. The summed E-state index contributed by atoms with van der Waals surface area (Å²) in [7, 11) is 0. The Bertz CT molecular complexity index is 208. The molecule has 6 heteroatoms. The van der Waals surface area contributed by atoms with Gasteiger partial charge in [-0.05, 0) is 13.8 Å². The van der Waals surface area contributed by atoms with Crippen molar-refractivity contribution in [3.8, 4) is 0 Å². The summed E-state index contributed by atoms with van der Waals surface area (Å²) < 4.78 is 33.2. The van der Waals surface area contributed by atoms with Crippen LogP contribution in [0.2, 0.25) is 0 Å². The van der Waals surface area contributed by atoms with Crippen LogP contribution in [0, 0.1) is 0 Å². The fraction of sp³-hybridized carbons (Fsp3) is 1.00. The Labute approximate surface area is 69.1 Å². The van der Waals surface area contributed by atoms with Crippen LogP contribution in [0.4, 0.5) is 4.39 Å². The van der Waals surface area contributed by atoms with Crippen molar-refractivity contribution in [1.29, 1.82) is 0 Å². The summed E-state index contributed by atoms with van der Waals surface area (Å²) in [6, 6.07) is 0. The maximum Gasteiger partial charge on any atom is 0.424 e. The molecule has 0 amide bonds. The fourth-order valence-corrected chi connectivity index (χ4v) is 2.22. The van der Waals surface area contributed by atoms with Gasteiger partial charge in [0.05, 0.1) is 6.61 Å². The van der Waals surface area contributed by atoms with E-state index < -0.39 is 18.7 Å². The smallest absolute Gasteiger partial charge is 0.293 e. The zero-order valence-corrected chi connectivity index (χ0v) is 7.86. The van der Waals surface area contributed by atoms with Gasteiger partial charge in [-0.2, -0.15) is 0 Å². The molecule has 0 aromatic carbocycles. The molecular weight excluding hydrogens is 193 g/mol. The van der Waals surface area contributed by atoms with Gasteiger partial charge in [0.2, 0.25) is 0 Å². The lowest BCUT2D eigenvalue weighted by Crippen LogP contribution is -2.41. The van der Waals surface area contributed by atoms with Crippen molar-refractivity contribution in [2.24, 2.45) is 0 Å². The number of rotatable bonds is 0. The van der Waals surface area contributed by atoms with Gasteiger partial charge in [-0.15, -0.1) is 0 Å². The molecule has 3 unspecified atom stereocenters. The van der Waals surface area contributed by atoms with Crippen molar-refractivity contribution >= 4 is 18.2 Å². The summed E-state index contributed by atoms with van der Waals surface area (Å²) >= 11 is 5.24. The summed E-state index contributed by atoms with van der Waals surface area (Å²) in [5, 5.41) is 0. The van der Waals surface area contributed by atoms with E-state index in [-0.39, 0.29) is 6.61 Å². The Morgan fingerprint density at radius 1 is 1.82 bits per heavy atom. The highest BCUT2D eigenvalue weighted by molar-refractivity contribution is 7.81. The van der Waals surface area contributed by atoms with Gasteiger partial charge in [0.25, 0.3) is 0 Å². The predicted molar refractivity (Wildman–Crippen MR) is 39.5 cm³/mol. The first kappa shape index (κ1) is 9.46. The molecule has 11 heavy (non-hydrogen) atoms. The molecule has 0 aromatic rings. The number of halogens is 2. The first-order valence-corrected chi connectivity index (χ1v) is 5.60. The molecule has 3 atom stereocenters.